The SMILES string of the molecule is COc1ccc(-c2[nH]ncc2CNC(=O)C2CC3(CCNCC3)CN2)cc1. The number of nitrogens with one attached hydrogen (secondary N) is 4. The standard InChI is InChI=1S/C20H27N5O2/c1-27-16-4-2-14(3-5-16)18-15(12-24-25-18)11-22-19(26)17-10-20(13-23-17)6-8-21-9-7-20/h2-5,12,17,21,23H,6-11,13H2,1H3,(H,22,26)(H,24,25). The number of carbonyl (C=O) groups excluding carboxylic acids is 1. The molecule has 1 atom stereocenters. The zero-order valence-corrected chi connectivity index (χ0v) is 15.7. The lowest BCUT2D eigenvalue weighted by Crippen LogP contribution is -2.40. The first kappa shape index (κ1) is 18.0. The van der Waals surface area contributed by atoms with Crippen molar-refractivity contribution in [3.63, 3.8) is 0 Å². The largest absolute Gasteiger partial charge is 0.497 e. The molecule has 2 fully saturated rings. The van der Waals surface area contributed by atoms with E-state index in [0.29, 0.717) is 6.54 Å². The Morgan fingerprint density at radius 3 is 2.81 bits per heavy atom. The van der Waals surface area contributed by atoms with Crippen molar-refractivity contribution in [3.8, 4) is 17.0 Å². The summed E-state index contributed by atoms with van der Waals surface area (Å²) in [6.07, 6.45) is 4.99. The summed E-state index contributed by atoms with van der Waals surface area (Å²) in [6.45, 7) is 3.51. The second-order valence-corrected chi connectivity index (χ2v) is 7.60. The summed E-state index contributed by atoms with van der Waals surface area (Å²) in [5.74, 6) is 0.888. The van der Waals surface area contributed by atoms with Crippen LogP contribution in [-0.2, 0) is 11.3 Å². The number of aromatic amines is 1. The molecule has 0 radical (unpaired) electrons. The number of nitrogens with zero attached hydrogens (tertiary/aromatic N) is 1. The fraction of sp³-hybridized carbons (Fsp3) is 0.500. The lowest BCUT2D eigenvalue weighted by molar-refractivity contribution is -0.123. The van der Waals surface area contributed by atoms with E-state index in [1.807, 2.05) is 24.3 Å². The van der Waals surface area contributed by atoms with Gasteiger partial charge in [0.05, 0.1) is 25.0 Å². The zero-order valence-electron chi connectivity index (χ0n) is 15.7. The third-order valence-electron chi connectivity index (χ3n) is 5.89. The third kappa shape index (κ3) is 3.84. The monoisotopic (exact) mass is 369 g/mol. The molecule has 7 heteroatoms. The van der Waals surface area contributed by atoms with Gasteiger partial charge in [-0.3, -0.25) is 9.89 Å². The molecule has 27 heavy (non-hydrogen) atoms. The van der Waals surface area contributed by atoms with E-state index in [1.54, 1.807) is 13.3 Å². The number of hydrogen-bond donors (Lipinski definition) is 4. The van der Waals surface area contributed by atoms with E-state index in [1.165, 1.54) is 0 Å². The smallest absolute Gasteiger partial charge is 0.237 e. The van der Waals surface area contributed by atoms with Crippen molar-refractivity contribution in [2.24, 2.45) is 5.41 Å². The first-order chi connectivity index (χ1) is 13.2. The maximum Gasteiger partial charge on any atom is 0.237 e. The maximum absolute atomic E-state index is 12.7. The van der Waals surface area contributed by atoms with Crippen LogP contribution in [-0.4, -0.2) is 48.9 Å². The van der Waals surface area contributed by atoms with Gasteiger partial charge >= 0.3 is 0 Å². The summed E-state index contributed by atoms with van der Waals surface area (Å²) in [4.78, 5) is 12.7. The average molecular weight is 369 g/mol. The number of amides is 1. The fourth-order valence-electron chi connectivity index (χ4n) is 4.20. The molecular weight excluding hydrogens is 342 g/mol. The number of hydrogen-bond acceptors (Lipinski definition) is 5. The molecule has 4 N–H and O–H groups in total. The van der Waals surface area contributed by atoms with Gasteiger partial charge < -0.3 is 20.7 Å². The van der Waals surface area contributed by atoms with Crippen molar-refractivity contribution in [1.82, 2.24) is 26.1 Å². The van der Waals surface area contributed by atoms with Crippen LogP contribution in [0, 0.1) is 5.41 Å². The predicted octanol–water partition coefficient (Wildman–Crippen LogP) is 1.43. The number of carbonyl (C=O) groups is 1. The lowest BCUT2D eigenvalue weighted by atomic mass is 9.77. The minimum Gasteiger partial charge on any atom is -0.497 e. The van der Waals surface area contributed by atoms with Gasteiger partial charge in [-0.1, -0.05) is 0 Å². The number of H-pyrrole nitrogens is 1. The van der Waals surface area contributed by atoms with Gasteiger partial charge in [-0.2, -0.15) is 5.10 Å². The van der Waals surface area contributed by atoms with Gasteiger partial charge in [-0.15, -0.1) is 0 Å². The van der Waals surface area contributed by atoms with E-state index in [0.717, 1.165) is 61.5 Å². The van der Waals surface area contributed by atoms with Gasteiger partial charge in [-0.25, -0.2) is 0 Å². The Morgan fingerprint density at radius 1 is 1.30 bits per heavy atom. The van der Waals surface area contributed by atoms with Gasteiger partial charge in [0, 0.05) is 24.2 Å². The first-order valence-corrected chi connectivity index (χ1v) is 9.58. The molecule has 1 unspecified atom stereocenters. The van der Waals surface area contributed by atoms with E-state index in [4.69, 9.17) is 4.74 Å². The second kappa shape index (κ2) is 7.70. The molecule has 144 valence electrons. The number of methoxy groups -OCH3 is 1. The van der Waals surface area contributed by atoms with Crippen molar-refractivity contribution in [2.45, 2.75) is 31.8 Å². The summed E-state index contributed by atoms with van der Waals surface area (Å²) < 4.78 is 5.21. The van der Waals surface area contributed by atoms with Crippen molar-refractivity contribution < 1.29 is 9.53 Å². The fourth-order valence-corrected chi connectivity index (χ4v) is 4.20. The van der Waals surface area contributed by atoms with Crippen LogP contribution in [0.1, 0.15) is 24.8 Å². The highest BCUT2D eigenvalue weighted by Crippen LogP contribution is 2.37. The normalized spacial score (nSPS) is 21.3. The molecule has 2 aliphatic rings. The van der Waals surface area contributed by atoms with E-state index in [-0.39, 0.29) is 17.4 Å². The number of ether oxygens (including phenoxy) is 1. The minimum absolute atomic E-state index is 0.0762. The van der Waals surface area contributed by atoms with Gasteiger partial charge in [0.2, 0.25) is 5.91 Å². The molecule has 2 saturated heterocycles. The maximum atomic E-state index is 12.7. The number of rotatable bonds is 5. The summed E-state index contributed by atoms with van der Waals surface area (Å²) in [5.41, 5.74) is 3.21. The average Bonchev–Trinajstić information content (AvgIpc) is 3.34. The van der Waals surface area contributed by atoms with Crippen LogP contribution in [0.25, 0.3) is 11.3 Å². The second-order valence-electron chi connectivity index (χ2n) is 7.60. The summed E-state index contributed by atoms with van der Waals surface area (Å²) in [6, 6.07) is 7.70. The predicted molar refractivity (Wildman–Crippen MR) is 103 cm³/mol. The van der Waals surface area contributed by atoms with Crippen molar-refractivity contribution in [2.75, 3.05) is 26.7 Å². The highest BCUT2D eigenvalue weighted by atomic mass is 16.5. The van der Waals surface area contributed by atoms with E-state index < -0.39 is 0 Å². The van der Waals surface area contributed by atoms with Crippen LogP contribution in [0.2, 0.25) is 0 Å². The van der Waals surface area contributed by atoms with Gasteiger partial charge in [-0.05, 0) is 62.0 Å². The Labute approximate surface area is 159 Å². The number of aromatic nitrogens is 2. The zero-order chi connectivity index (χ0) is 18.7. The lowest BCUT2D eigenvalue weighted by Gasteiger charge is -2.33. The molecule has 1 spiro atoms. The van der Waals surface area contributed by atoms with Crippen LogP contribution in [0.4, 0.5) is 0 Å². The van der Waals surface area contributed by atoms with Crippen LogP contribution in [0.5, 0.6) is 5.75 Å². The molecule has 2 aliphatic heterocycles. The Morgan fingerprint density at radius 2 is 2.07 bits per heavy atom. The Kier molecular flexibility index (Phi) is 5.13. The molecule has 0 aliphatic carbocycles. The van der Waals surface area contributed by atoms with Crippen LogP contribution in [0.15, 0.2) is 30.5 Å². The Hall–Kier alpha value is -2.38. The summed E-state index contributed by atoms with van der Waals surface area (Å²) in [5, 5.41) is 17.1. The molecule has 1 aromatic carbocycles. The van der Waals surface area contributed by atoms with Crippen molar-refractivity contribution in [1.29, 1.82) is 0 Å². The molecule has 4 rings (SSSR count). The van der Waals surface area contributed by atoms with Crippen LogP contribution < -0.4 is 20.7 Å². The highest BCUT2D eigenvalue weighted by molar-refractivity contribution is 5.82. The van der Waals surface area contributed by atoms with E-state index in [2.05, 4.69) is 26.1 Å². The molecule has 1 amide bonds. The summed E-state index contributed by atoms with van der Waals surface area (Å²) >= 11 is 0. The van der Waals surface area contributed by atoms with Crippen molar-refractivity contribution >= 4 is 5.91 Å². The number of piperidine rings is 1. The van der Waals surface area contributed by atoms with Crippen LogP contribution in [0.3, 0.4) is 0 Å². The summed E-state index contributed by atoms with van der Waals surface area (Å²) in [7, 11) is 1.65. The third-order valence-corrected chi connectivity index (χ3v) is 5.89. The Balaban J connectivity index is 1.36. The Bertz CT molecular complexity index is 780. The molecular formula is C20H27N5O2. The van der Waals surface area contributed by atoms with Gasteiger partial charge in [0.15, 0.2) is 0 Å². The van der Waals surface area contributed by atoms with Crippen LogP contribution >= 0.6 is 0 Å². The van der Waals surface area contributed by atoms with Crippen molar-refractivity contribution in [3.05, 3.63) is 36.0 Å². The molecule has 3 heterocycles. The molecule has 7 nitrogen and oxygen atoms in total. The quantitative estimate of drug-likeness (QED) is 0.640. The molecule has 0 saturated carbocycles. The minimum atomic E-state index is -0.0977. The van der Waals surface area contributed by atoms with Gasteiger partial charge in [0.25, 0.3) is 0 Å². The van der Waals surface area contributed by atoms with E-state index in [9.17, 15) is 4.79 Å². The molecule has 0 bridgehead atoms. The van der Waals surface area contributed by atoms with E-state index >= 15 is 0 Å². The highest BCUT2D eigenvalue weighted by Gasteiger charge is 2.42. The molecule has 2 aromatic rings. The first-order valence-electron chi connectivity index (χ1n) is 9.58. The topological polar surface area (TPSA) is 91.1 Å². The molecule has 1 aromatic heterocycles. The number of benzene rings is 1. The van der Waals surface area contributed by atoms with Gasteiger partial charge in [0.1, 0.15) is 5.75 Å².